The van der Waals surface area contributed by atoms with Crippen LogP contribution < -0.4 is 40.1 Å². The number of nitrogens with zero attached hydrogens (tertiary/aromatic N) is 8. The molecule has 1 atom stereocenters. The van der Waals surface area contributed by atoms with Crippen LogP contribution in [-0.4, -0.2) is 108 Å². The molecule has 0 bridgehead atoms. The van der Waals surface area contributed by atoms with Gasteiger partial charge >= 0.3 is 0 Å². The molecule has 2 aromatic carbocycles. The Kier molecular flexibility index (Phi) is 13.8. The monoisotopic (exact) mass is 933 g/mol. The number of carbonyl (C=O) groups excluding carboxylic acids is 3. The van der Waals surface area contributed by atoms with Gasteiger partial charge in [0.25, 0.3) is 11.8 Å². The van der Waals surface area contributed by atoms with Gasteiger partial charge < -0.3 is 44.9 Å². The predicted octanol–water partition coefficient (Wildman–Crippen LogP) is 7.08. The fourth-order valence-electron chi connectivity index (χ4n) is 10.6. The van der Waals surface area contributed by atoms with Crippen LogP contribution in [0.4, 0.5) is 29.1 Å². The lowest BCUT2D eigenvalue weighted by Gasteiger charge is -2.63. The lowest BCUT2D eigenvalue weighted by molar-refractivity contribution is -0.164. The highest BCUT2D eigenvalue weighted by atomic mass is 35.5. The Labute approximate surface area is 396 Å². The number of amides is 3. The second-order valence-corrected chi connectivity index (χ2v) is 19.4. The molecular formula is C49H60ClN11O6. The largest absolute Gasteiger partial charge is 0.495 e. The van der Waals surface area contributed by atoms with Crippen LogP contribution in [0.2, 0.25) is 5.02 Å². The molecule has 2 aliphatic carbocycles. The Morgan fingerprint density at radius 2 is 1.66 bits per heavy atom. The van der Waals surface area contributed by atoms with Crippen LogP contribution in [0, 0.1) is 22.2 Å². The fraction of sp³-hybridized carbons (Fsp3) is 0.510. The second kappa shape index (κ2) is 19.5. The van der Waals surface area contributed by atoms with Crippen molar-refractivity contribution in [3.63, 3.8) is 0 Å². The van der Waals surface area contributed by atoms with E-state index in [0.717, 1.165) is 44.3 Å². The summed E-state index contributed by atoms with van der Waals surface area (Å²) in [6.07, 6.45) is 11.1. The van der Waals surface area contributed by atoms with Crippen LogP contribution in [0.5, 0.6) is 11.5 Å². The number of hydrogen-bond donors (Lipinski definition) is 3. The van der Waals surface area contributed by atoms with E-state index in [2.05, 4.69) is 74.5 Å². The molecule has 17 nitrogen and oxygen atoms in total. The van der Waals surface area contributed by atoms with Crippen LogP contribution in [0.1, 0.15) is 106 Å². The average molecular weight is 935 g/mol. The second-order valence-electron chi connectivity index (χ2n) is 19.0. The lowest BCUT2D eigenvalue weighted by Crippen LogP contribution is -2.74. The molecular weight excluding hydrogens is 874 g/mol. The molecule has 4 heterocycles. The molecule has 2 aromatic heterocycles. The van der Waals surface area contributed by atoms with E-state index in [1.807, 2.05) is 6.92 Å². The molecule has 2 aliphatic heterocycles. The van der Waals surface area contributed by atoms with Crippen molar-refractivity contribution < 1.29 is 28.6 Å². The first-order valence-electron chi connectivity index (χ1n) is 23.2. The summed E-state index contributed by atoms with van der Waals surface area (Å²) in [7, 11) is 3.33. The van der Waals surface area contributed by atoms with Crippen molar-refractivity contribution in [3.05, 3.63) is 76.7 Å². The summed E-state index contributed by atoms with van der Waals surface area (Å²) in [5.74, 6) is 2.25. The van der Waals surface area contributed by atoms with E-state index in [1.54, 1.807) is 74.0 Å². The molecule has 4 aliphatic rings. The number of methoxy groups -OCH3 is 1. The van der Waals surface area contributed by atoms with Crippen LogP contribution >= 0.6 is 11.6 Å². The molecule has 4 aromatic rings. The number of benzene rings is 2. The van der Waals surface area contributed by atoms with Gasteiger partial charge in [-0.05, 0) is 62.4 Å². The van der Waals surface area contributed by atoms with Gasteiger partial charge in [-0.1, -0.05) is 59.1 Å². The number of rotatable bonds is 15. The summed E-state index contributed by atoms with van der Waals surface area (Å²) in [5, 5.41) is 19.0. The number of halogens is 1. The summed E-state index contributed by atoms with van der Waals surface area (Å²) in [6, 6.07) is 12.0. The standard InChI is InChI=1S/C49H60ClN11O6/c1-8-37-43(64)59(6)38-28-53-46(57-40(38)61(37)32-11-9-10-12-32)56-36-16-14-29(23-39(36)65-7)41(62)52-19-22-66-33-17-20-60(21-18-33)47-54-26-31(27-55-47)42(63)58-44-48(2,3)45(49(44,4)5)67-34-15-13-30(25-51)35(50)24-34/h13-16,23-24,26-28,32-33,37,44-45H,8-12,17-22H2,1-7H3,(H,52,62)(H,58,63)(H,53,56,57)/t37-,44?,45?/m1/s1. The predicted molar refractivity (Wildman–Crippen MR) is 255 cm³/mol. The van der Waals surface area contributed by atoms with Gasteiger partial charge in [-0.15, -0.1) is 0 Å². The number of nitriles is 1. The number of anilines is 5. The van der Waals surface area contributed by atoms with Gasteiger partial charge in [0.05, 0.1) is 47.9 Å². The van der Waals surface area contributed by atoms with Gasteiger partial charge in [0.15, 0.2) is 5.82 Å². The molecule has 8 rings (SSSR count). The number of carbonyl (C=O) groups is 3. The van der Waals surface area contributed by atoms with Crippen molar-refractivity contribution in [2.45, 2.75) is 110 Å². The Morgan fingerprint density at radius 1 is 0.940 bits per heavy atom. The minimum absolute atomic E-state index is 0.0179. The zero-order valence-electron chi connectivity index (χ0n) is 39.3. The van der Waals surface area contributed by atoms with Crippen molar-refractivity contribution in [2.24, 2.45) is 10.8 Å². The summed E-state index contributed by atoms with van der Waals surface area (Å²) in [6.45, 7) is 12.3. The van der Waals surface area contributed by atoms with Gasteiger partial charge in [-0.25, -0.2) is 15.0 Å². The average Bonchev–Trinajstić information content (AvgIpc) is 3.87. The Hall–Kier alpha value is -6.25. The van der Waals surface area contributed by atoms with Gasteiger partial charge in [0, 0.05) is 73.6 Å². The molecule has 0 radical (unpaired) electrons. The zero-order valence-corrected chi connectivity index (χ0v) is 40.0. The first-order valence-corrected chi connectivity index (χ1v) is 23.5. The molecule has 67 heavy (non-hydrogen) atoms. The van der Waals surface area contributed by atoms with Gasteiger partial charge in [-0.2, -0.15) is 10.2 Å². The molecule has 354 valence electrons. The quantitative estimate of drug-likeness (QED) is 0.102. The maximum Gasteiger partial charge on any atom is 0.254 e. The number of nitrogens with one attached hydrogen (secondary N) is 3. The number of ether oxygens (including phenoxy) is 3. The van der Waals surface area contributed by atoms with Gasteiger partial charge in [0.1, 0.15) is 35.4 Å². The highest BCUT2D eigenvalue weighted by Gasteiger charge is 2.64. The van der Waals surface area contributed by atoms with Crippen LogP contribution in [0.15, 0.2) is 55.0 Å². The van der Waals surface area contributed by atoms with E-state index >= 15 is 0 Å². The topological polar surface area (TPSA) is 200 Å². The third-order valence-electron chi connectivity index (χ3n) is 13.9. The third-order valence-corrected chi connectivity index (χ3v) is 14.2. The van der Waals surface area contributed by atoms with Crippen molar-refractivity contribution in [2.75, 3.05) is 60.4 Å². The van der Waals surface area contributed by atoms with E-state index in [0.29, 0.717) is 89.1 Å². The van der Waals surface area contributed by atoms with E-state index < -0.39 is 10.8 Å². The molecule has 2 saturated carbocycles. The smallest absolute Gasteiger partial charge is 0.254 e. The fourth-order valence-corrected chi connectivity index (χ4v) is 10.8. The van der Waals surface area contributed by atoms with Crippen LogP contribution in [0.25, 0.3) is 0 Å². The first kappa shape index (κ1) is 47.3. The molecule has 3 N–H and O–H groups in total. The maximum atomic E-state index is 13.4. The SMILES string of the molecule is CC[C@@H]1C(=O)N(C)c2cnc(Nc3ccc(C(=O)NCCOC4CCN(c5ncc(C(=O)NC6C(C)(C)C(Oc7ccc(C#N)c(Cl)c7)C6(C)C)cn5)CC4)cc3OC)nc2N1C1CCCC1. The first-order chi connectivity index (χ1) is 32.1. The van der Waals surface area contributed by atoms with Gasteiger partial charge in [0.2, 0.25) is 17.8 Å². The van der Waals surface area contributed by atoms with E-state index in [9.17, 15) is 19.6 Å². The number of hydrogen-bond acceptors (Lipinski definition) is 14. The Morgan fingerprint density at radius 3 is 2.31 bits per heavy atom. The molecule has 3 amide bonds. The van der Waals surface area contributed by atoms with E-state index in [-0.39, 0.29) is 48.1 Å². The summed E-state index contributed by atoms with van der Waals surface area (Å²) in [5.41, 5.74) is 1.67. The van der Waals surface area contributed by atoms with Crippen LogP contribution in [0.3, 0.4) is 0 Å². The normalized spacial score (nSPS) is 21.2. The Bertz CT molecular complexity index is 2500. The minimum Gasteiger partial charge on any atom is -0.495 e. The van der Waals surface area contributed by atoms with Crippen LogP contribution in [-0.2, 0) is 9.53 Å². The summed E-state index contributed by atoms with van der Waals surface area (Å²) < 4.78 is 18.2. The molecule has 0 spiro atoms. The van der Waals surface area contributed by atoms with E-state index in [1.165, 1.54) is 0 Å². The van der Waals surface area contributed by atoms with E-state index in [4.69, 9.17) is 30.8 Å². The van der Waals surface area contributed by atoms with Crippen molar-refractivity contribution in [3.8, 4) is 17.6 Å². The van der Waals surface area contributed by atoms with Crippen molar-refractivity contribution in [1.29, 1.82) is 5.26 Å². The number of aromatic nitrogens is 4. The number of piperidine rings is 1. The highest BCUT2D eigenvalue weighted by Crippen LogP contribution is 2.55. The highest BCUT2D eigenvalue weighted by molar-refractivity contribution is 6.31. The lowest BCUT2D eigenvalue weighted by atomic mass is 9.49. The van der Waals surface area contributed by atoms with Gasteiger partial charge in [-0.3, -0.25) is 14.4 Å². The van der Waals surface area contributed by atoms with Crippen molar-refractivity contribution >= 4 is 58.4 Å². The maximum absolute atomic E-state index is 13.4. The Balaban J connectivity index is 0.780. The number of likely N-dealkylation sites (N-methyl/N-ethyl adjacent to an activating group) is 1. The van der Waals surface area contributed by atoms with Crippen molar-refractivity contribution in [1.82, 2.24) is 30.6 Å². The minimum atomic E-state index is -0.405. The molecule has 18 heteroatoms. The summed E-state index contributed by atoms with van der Waals surface area (Å²) >= 11 is 6.25. The molecule has 3 fully saturated rings. The zero-order chi connectivity index (χ0) is 47.6. The summed E-state index contributed by atoms with van der Waals surface area (Å²) in [4.78, 5) is 64.4. The molecule has 1 saturated heterocycles. The number of fused-ring (bicyclic) bond motifs is 1. The third kappa shape index (κ3) is 9.51. The molecule has 0 unspecified atom stereocenters.